The van der Waals surface area contributed by atoms with E-state index in [9.17, 15) is 18.8 Å². The summed E-state index contributed by atoms with van der Waals surface area (Å²) in [7, 11) is 1.26. The number of hydrogen-bond acceptors (Lipinski definition) is 4. The molecule has 4 atom stereocenters. The number of fused-ring (bicyclic) bond motifs is 1. The van der Waals surface area contributed by atoms with Crippen LogP contribution in [0.15, 0.2) is 48.5 Å². The zero-order valence-corrected chi connectivity index (χ0v) is 16.4. The van der Waals surface area contributed by atoms with Crippen LogP contribution in [0.3, 0.4) is 0 Å². The van der Waals surface area contributed by atoms with Gasteiger partial charge in [0.25, 0.3) is 0 Å². The summed E-state index contributed by atoms with van der Waals surface area (Å²) in [4.78, 5) is 40.4. The average Bonchev–Trinajstić information content (AvgIpc) is 3.16. The molecule has 29 heavy (non-hydrogen) atoms. The van der Waals surface area contributed by atoms with Crippen molar-refractivity contribution in [3.8, 4) is 0 Å². The number of rotatable bonds is 3. The molecule has 0 radical (unpaired) electrons. The second kappa shape index (κ2) is 6.77. The predicted octanol–water partition coefficient (Wildman–Crippen LogP) is 1.49. The summed E-state index contributed by atoms with van der Waals surface area (Å²) >= 11 is 0. The highest BCUT2D eigenvalue weighted by atomic mass is 19.1. The molecular formula is C22H22FN2O4+. The van der Waals surface area contributed by atoms with E-state index in [-0.39, 0.29) is 5.69 Å². The van der Waals surface area contributed by atoms with E-state index in [1.165, 1.54) is 25.3 Å². The molecule has 2 heterocycles. The van der Waals surface area contributed by atoms with Crippen molar-refractivity contribution < 1.29 is 28.8 Å². The molecule has 7 heteroatoms. The predicted molar refractivity (Wildman–Crippen MR) is 102 cm³/mol. The number of nitrogens with zero attached hydrogens (tertiary/aromatic N) is 1. The molecule has 150 valence electrons. The number of nitrogens with two attached hydrogens (primary N) is 1. The van der Waals surface area contributed by atoms with Crippen LogP contribution in [0.2, 0.25) is 0 Å². The van der Waals surface area contributed by atoms with Crippen LogP contribution in [0.25, 0.3) is 0 Å². The van der Waals surface area contributed by atoms with Gasteiger partial charge in [-0.1, -0.05) is 36.4 Å². The Labute approximate surface area is 167 Å². The molecule has 0 saturated carbocycles. The molecule has 0 unspecified atom stereocenters. The largest absolute Gasteiger partial charge is 0.464 e. The number of imide groups is 1. The fourth-order valence-corrected chi connectivity index (χ4v) is 4.79. The number of benzene rings is 2. The number of amides is 2. The molecule has 4 rings (SSSR count). The van der Waals surface area contributed by atoms with Crippen LogP contribution in [0.5, 0.6) is 0 Å². The molecule has 2 N–H and O–H groups in total. The third-order valence-electron chi connectivity index (χ3n) is 6.18. The Hall–Kier alpha value is -3.06. The lowest BCUT2D eigenvalue weighted by Gasteiger charge is -2.26. The fourth-order valence-electron chi connectivity index (χ4n) is 4.79. The second-order valence-corrected chi connectivity index (χ2v) is 7.79. The van der Waals surface area contributed by atoms with Gasteiger partial charge in [0.2, 0.25) is 17.4 Å². The number of aryl methyl sites for hydroxylation is 1. The third kappa shape index (κ3) is 2.68. The van der Waals surface area contributed by atoms with E-state index >= 15 is 0 Å². The lowest BCUT2D eigenvalue weighted by atomic mass is 9.80. The zero-order valence-electron chi connectivity index (χ0n) is 16.4. The Kier molecular flexibility index (Phi) is 4.50. The summed E-state index contributed by atoms with van der Waals surface area (Å²) in [5.74, 6) is -4.07. The maximum absolute atomic E-state index is 14.4. The third-order valence-corrected chi connectivity index (χ3v) is 6.18. The highest BCUT2D eigenvalue weighted by Gasteiger charge is 2.71. The summed E-state index contributed by atoms with van der Waals surface area (Å²) in [6.45, 7) is 3.53. The summed E-state index contributed by atoms with van der Waals surface area (Å²) in [5.41, 5.74) is 0.435. The molecule has 0 aliphatic carbocycles. The van der Waals surface area contributed by atoms with Gasteiger partial charge < -0.3 is 10.1 Å². The first-order chi connectivity index (χ1) is 13.8. The first-order valence-electron chi connectivity index (χ1n) is 9.43. The average molecular weight is 397 g/mol. The molecule has 6 nitrogen and oxygen atoms in total. The van der Waals surface area contributed by atoms with Crippen molar-refractivity contribution in [1.29, 1.82) is 0 Å². The van der Waals surface area contributed by atoms with Crippen molar-refractivity contribution >= 4 is 23.5 Å². The van der Waals surface area contributed by atoms with Crippen molar-refractivity contribution in [2.24, 2.45) is 11.8 Å². The normalized spacial score (nSPS) is 28.6. The number of anilines is 1. The van der Waals surface area contributed by atoms with Crippen LogP contribution >= 0.6 is 0 Å². The van der Waals surface area contributed by atoms with E-state index in [2.05, 4.69) is 0 Å². The summed E-state index contributed by atoms with van der Waals surface area (Å²) in [6, 6.07) is 12.8. The Bertz CT molecular complexity index is 1020. The van der Waals surface area contributed by atoms with Gasteiger partial charge in [0.1, 0.15) is 23.7 Å². The second-order valence-electron chi connectivity index (χ2n) is 7.79. The monoisotopic (exact) mass is 397 g/mol. The lowest BCUT2D eigenvalue weighted by molar-refractivity contribution is -0.730. The number of carbonyl (C=O) groups excluding carboxylic acids is 3. The molecule has 2 aromatic carbocycles. The number of ether oxygens (including phenoxy) is 1. The fraction of sp³-hybridized carbons (Fsp3) is 0.318. The van der Waals surface area contributed by atoms with Crippen molar-refractivity contribution in [3.63, 3.8) is 0 Å². The van der Waals surface area contributed by atoms with Crippen molar-refractivity contribution in [1.82, 2.24) is 0 Å². The highest BCUT2D eigenvalue weighted by molar-refractivity contribution is 6.23. The van der Waals surface area contributed by atoms with Gasteiger partial charge in [0.15, 0.2) is 0 Å². The molecule has 2 fully saturated rings. The molecule has 2 saturated heterocycles. The molecule has 2 aromatic rings. The Morgan fingerprint density at radius 3 is 2.41 bits per heavy atom. The van der Waals surface area contributed by atoms with Crippen molar-refractivity contribution in [2.45, 2.75) is 25.4 Å². The molecule has 2 amide bonds. The van der Waals surface area contributed by atoms with E-state index in [0.29, 0.717) is 0 Å². The highest BCUT2D eigenvalue weighted by Crippen LogP contribution is 2.46. The van der Waals surface area contributed by atoms with Crippen molar-refractivity contribution in [2.75, 3.05) is 12.0 Å². The smallest absolute Gasteiger partial charge is 0.368 e. The maximum Gasteiger partial charge on any atom is 0.368 e. The number of esters is 1. The number of methoxy groups -OCH3 is 1. The zero-order chi connectivity index (χ0) is 20.9. The summed E-state index contributed by atoms with van der Waals surface area (Å²) < 4.78 is 19.4. The molecule has 0 aromatic heterocycles. The SMILES string of the molecule is COC(=O)[C@@]1(C)[NH2+][C@H](c2ccccc2C)[C@H]2C(=O)N(c3ccccc3F)C(=O)[C@H]21. The molecule has 2 aliphatic heterocycles. The van der Waals surface area contributed by atoms with Gasteiger partial charge in [-0.05, 0) is 24.6 Å². The van der Waals surface area contributed by atoms with E-state index in [1.807, 2.05) is 31.2 Å². The minimum atomic E-state index is -1.29. The minimum Gasteiger partial charge on any atom is -0.464 e. The van der Waals surface area contributed by atoms with Crippen LogP contribution in [-0.4, -0.2) is 30.4 Å². The van der Waals surface area contributed by atoms with Gasteiger partial charge in [-0.3, -0.25) is 9.59 Å². The molecule has 0 spiro atoms. The molecular weight excluding hydrogens is 375 g/mol. The van der Waals surface area contributed by atoms with Gasteiger partial charge in [0, 0.05) is 12.5 Å². The van der Waals surface area contributed by atoms with Crippen molar-refractivity contribution in [3.05, 3.63) is 65.5 Å². The minimum absolute atomic E-state index is 0.0901. The van der Waals surface area contributed by atoms with E-state index in [0.717, 1.165) is 16.0 Å². The number of hydrogen-bond donors (Lipinski definition) is 1. The van der Waals surface area contributed by atoms with Gasteiger partial charge in [-0.15, -0.1) is 0 Å². The van der Waals surface area contributed by atoms with Crippen LogP contribution in [0, 0.1) is 24.6 Å². The van der Waals surface area contributed by atoms with E-state index in [1.54, 1.807) is 18.3 Å². The summed E-state index contributed by atoms with van der Waals surface area (Å²) in [6.07, 6.45) is 0. The van der Waals surface area contributed by atoms with Crippen LogP contribution in [0.4, 0.5) is 10.1 Å². The number of halogens is 1. The van der Waals surface area contributed by atoms with E-state index < -0.39 is 47.0 Å². The summed E-state index contributed by atoms with van der Waals surface area (Å²) in [5, 5.41) is 1.75. The first-order valence-corrected chi connectivity index (χ1v) is 9.43. The lowest BCUT2D eigenvalue weighted by Crippen LogP contribution is -2.97. The van der Waals surface area contributed by atoms with Crippen LogP contribution in [-0.2, 0) is 19.1 Å². The topological polar surface area (TPSA) is 80.3 Å². The molecule has 2 aliphatic rings. The van der Waals surface area contributed by atoms with Gasteiger partial charge in [-0.25, -0.2) is 14.1 Å². The maximum atomic E-state index is 14.4. The Balaban J connectivity index is 1.87. The van der Waals surface area contributed by atoms with Crippen LogP contribution in [0.1, 0.15) is 24.1 Å². The molecule has 0 bridgehead atoms. The van der Waals surface area contributed by atoms with Gasteiger partial charge in [0.05, 0.1) is 12.8 Å². The Morgan fingerprint density at radius 2 is 1.76 bits per heavy atom. The quantitative estimate of drug-likeness (QED) is 0.629. The van der Waals surface area contributed by atoms with E-state index in [4.69, 9.17) is 4.74 Å². The standard InChI is InChI=1S/C22H21FN2O4/c1-12-8-4-5-9-13(12)18-16-17(22(2,24-18)21(28)29-3)20(27)25(19(16)26)15-11-7-6-10-14(15)23/h4-11,16-18,24H,1-3H3/p+1/t16-,17-,18+,22-/m0/s1. The Morgan fingerprint density at radius 1 is 1.10 bits per heavy atom. The first kappa shape index (κ1) is 19.3. The number of carbonyl (C=O) groups is 3. The van der Waals surface area contributed by atoms with Gasteiger partial charge in [-0.2, -0.15) is 0 Å². The van der Waals surface area contributed by atoms with Crippen LogP contribution < -0.4 is 10.2 Å². The van der Waals surface area contributed by atoms with Gasteiger partial charge >= 0.3 is 5.97 Å². The number of quaternary nitrogens is 1. The number of para-hydroxylation sites is 1.